The van der Waals surface area contributed by atoms with Gasteiger partial charge in [0.25, 0.3) is 0 Å². The van der Waals surface area contributed by atoms with E-state index in [9.17, 15) is 4.79 Å². The molecule has 0 bridgehead atoms. The van der Waals surface area contributed by atoms with Gasteiger partial charge in [0, 0.05) is 11.8 Å². The smallest absolute Gasteiger partial charge is 0.323 e. The Morgan fingerprint density at radius 3 is 2.21 bits per heavy atom. The van der Waals surface area contributed by atoms with Crippen LogP contribution in [0, 0.1) is 0 Å². The third kappa shape index (κ3) is 5.17. The molecular formula is C22H22N2O4. The van der Waals surface area contributed by atoms with E-state index >= 15 is 0 Å². The molecule has 3 rings (SSSR count). The molecule has 0 aliphatic heterocycles. The van der Waals surface area contributed by atoms with Crippen LogP contribution in [-0.2, 0) is 6.61 Å². The molecule has 0 aliphatic carbocycles. The molecule has 0 unspecified atom stereocenters. The summed E-state index contributed by atoms with van der Waals surface area (Å²) < 4.78 is 16.2. The molecule has 6 nitrogen and oxygen atoms in total. The van der Waals surface area contributed by atoms with Crippen LogP contribution in [-0.4, -0.2) is 20.3 Å². The van der Waals surface area contributed by atoms with Gasteiger partial charge in [-0.1, -0.05) is 30.3 Å². The lowest BCUT2D eigenvalue weighted by molar-refractivity contribution is 0.262. The minimum atomic E-state index is -0.385. The quantitative estimate of drug-likeness (QED) is 0.612. The standard InChI is InChI=1S/C22H22N2O4/c1-26-19-12-13-21(27-2)20(14-19)24-22(25)23-17-8-10-18(11-9-17)28-15-16-6-4-3-5-7-16/h3-14H,15H2,1-2H3,(H2,23,24,25). The molecule has 0 spiro atoms. The first kappa shape index (κ1) is 19.1. The lowest BCUT2D eigenvalue weighted by atomic mass is 10.2. The Morgan fingerprint density at radius 1 is 0.821 bits per heavy atom. The average Bonchev–Trinajstić information content (AvgIpc) is 2.74. The SMILES string of the molecule is COc1ccc(OC)c(NC(=O)Nc2ccc(OCc3ccccc3)cc2)c1. The molecule has 3 aromatic rings. The Balaban J connectivity index is 1.57. The summed E-state index contributed by atoms with van der Waals surface area (Å²) in [5.74, 6) is 1.89. The largest absolute Gasteiger partial charge is 0.497 e. The fourth-order valence-corrected chi connectivity index (χ4v) is 2.57. The minimum absolute atomic E-state index is 0.385. The van der Waals surface area contributed by atoms with Crippen LogP contribution >= 0.6 is 0 Å². The summed E-state index contributed by atoms with van der Waals surface area (Å²) in [6.07, 6.45) is 0. The van der Waals surface area contributed by atoms with E-state index in [2.05, 4.69) is 10.6 Å². The molecule has 0 atom stereocenters. The number of hydrogen-bond acceptors (Lipinski definition) is 4. The fourth-order valence-electron chi connectivity index (χ4n) is 2.57. The van der Waals surface area contributed by atoms with Crippen LogP contribution in [0.1, 0.15) is 5.56 Å². The Bertz CT molecular complexity index is 912. The van der Waals surface area contributed by atoms with Crippen LogP contribution in [0.3, 0.4) is 0 Å². The number of rotatable bonds is 7. The van der Waals surface area contributed by atoms with Gasteiger partial charge in [0.2, 0.25) is 0 Å². The zero-order chi connectivity index (χ0) is 19.8. The predicted octanol–water partition coefficient (Wildman–Crippen LogP) is 4.93. The lowest BCUT2D eigenvalue weighted by Crippen LogP contribution is -2.19. The highest BCUT2D eigenvalue weighted by atomic mass is 16.5. The molecule has 28 heavy (non-hydrogen) atoms. The molecule has 2 amide bonds. The van der Waals surface area contributed by atoms with Crippen LogP contribution in [0.15, 0.2) is 72.8 Å². The number of benzene rings is 3. The molecular weight excluding hydrogens is 356 g/mol. The third-order valence-electron chi connectivity index (χ3n) is 4.02. The van der Waals surface area contributed by atoms with Gasteiger partial charge in [-0.05, 0) is 42.0 Å². The number of urea groups is 1. The molecule has 0 aromatic heterocycles. The van der Waals surface area contributed by atoms with Crippen molar-refractivity contribution in [2.45, 2.75) is 6.61 Å². The molecule has 2 N–H and O–H groups in total. The summed E-state index contributed by atoms with van der Waals surface area (Å²) in [7, 11) is 3.10. The average molecular weight is 378 g/mol. The van der Waals surface area contributed by atoms with E-state index in [4.69, 9.17) is 14.2 Å². The zero-order valence-electron chi connectivity index (χ0n) is 15.8. The lowest BCUT2D eigenvalue weighted by Gasteiger charge is -2.13. The number of ether oxygens (including phenoxy) is 3. The fraction of sp³-hybridized carbons (Fsp3) is 0.136. The van der Waals surface area contributed by atoms with Gasteiger partial charge in [-0.3, -0.25) is 0 Å². The van der Waals surface area contributed by atoms with Crippen LogP contribution in [0.4, 0.5) is 16.2 Å². The van der Waals surface area contributed by atoms with Crippen molar-refractivity contribution < 1.29 is 19.0 Å². The number of anilines is 2. The van der Waals surface area contributed by atoms with Crippen molar-refractivity contribution >= 4 is 17.4 Å². The van der Waals surface area contributed by atoms with Crippen molar-refractivity contribution in [2.75, 3.05) is 24.9 Å². The van der Waals surface area contributed by atoms with E-state index in [1.54, 1.807) is 44.6 Å². The number of hydrogen-bond donors (Lipinski definition) is 2. The van der Waals surface area contributed by atoms with Crippen molar-refractivity contribution in [3.05, 3.63) is 78.4 Å². The van der Waals surface area contributed by atoms with Crippen LogP contribution in [0.5, 0.6) is 17.2 Å². The highest BCUT2D eigenvalue weighted by Gasteiger charge is 2.09. The van der Waals surface area contributed by atoms with Gasteiger partial charge in [-0.25, -0.2) is 4.79 Å². The number of carbonyl (C=O) groups excluding carboxylic acids is 1. The summed E-state index contributed by atoms with van der Waals surface area (Å²) in [6.45, 7) is 0.490. The normalized spacial score (nSPS) is 10.1. The van der Waals surface area contributed by atoms with Crippen molar-refractivity contribution in [1.82, 2.24) is 0 Å². The van der Waals surface area contributed by atoms with Crippen molar-refractivity contribution in [1.29, 1.82) is 0 Å². The highest BCUT2D eigenvalue weighted by molar-refractivity contribution is 6.00. The van der Waals surface area contributed by atoms with Crippen molar-refractivity contribution in [3.63, 3.8) is 0 Å². The second kappa shape index (κ2) is 9.32. The maximum Gasteiger partial charge on any atom is 0.323 e. The second-order valence-electron chi connectivity index (χ2n) is 5.94. The van der Waals surface area contributed by atoms with Gasteiger partial charge in [-0.15, -0.1) is 0 Å². The molecule has 0 saturated heterocycles. The van der Waals surface area contributed by atoms with Gasteiger partial charge < -0.3 is 24.8 Å². The van der Waals surface area contributed by atoms with E-state index in [0.717, 1.165) is 11.3 Å². The molecule has 0 fully saturated rings. The van der Waals surface area contributed by atoms with Crippen LogP contribution in [0.2, 0.25) is 0 Å². The first-order valence-corrected chi connectivity index (χ1v) is 8.75. The summed E-state index contributed by atoms with van der Waals surface area (Å²) in [5, 5.41) is 5.54. The van der Waals surface area contributed by atoms with Gasteiger partial charge in [0.1, 0.15) is 23.9 Å². The first-order chi connectivity index (χ1) is 13.7. The van der Waals surface area contributed by atoms with E-state index in [-0.39, 0.29) is 6.03 Å². The Kier molecular flexibility index (Phi) is 6.36. The Hall–Kier alpha value is -3.67. The molecule has 0 saturated carbocycles. The van der Waals surface area contributed by atoms with Gasteiger partial charge >= 0.3 is 6.03 Å². The molecule has 144 valence electrons. The monoisotopic (exact) mass is 378 g/mol. The zero-order valence-corrected chi connectivity index (χ0v) is 15.8. The van der Waals surface area contributed by atoms with E-state index in [0.29, 0.717) is 29.5 Å². The predicted molar refractivity (Wildman–Crippen MR) is 109 cm³/mol. The maximum atomic E-state index is 12.3. The Labute approximate surface area is 164 Å². The van der Waals surface area contributed by atoms with E-state index < -0.39 is 0 Å². The van der Waals surface area contributed by atoms with Gasteiger partial charge in [-0.2, -0.15) is 0 Å². The summed E-state index contributed by atoms with van der Waals surface area (Å²) >= 11 is 0. The summed E-state index contributed by atoms with van der Waals surface area (Å²) in [6, 6.07) is 21.9. The molecule has 3 aromatic carbocycles. The van der Waals surface area contributed by atoms with Gasteiger partial charge in [0.15, 0.2) is 0 Å². The number of amides is 2. The molecule has 0 radical (unpaired) electrons. The minimum Gasteiger partial charge on any atom is -0.497 e. The number of methoxy groups -OCH3 is 2. The van der Waals surface area contributed by atoms with Crippen LogP contribution < -0.4 is 24.8 Å². The number of nitrogens with one attached hydrogen (secondary N) is 2. The topological polar surface area (TPSA) is 68.8 Å². The highest BCUT2D eigenvalue weighted by Crippen LogP contribution is 2.29. The first-order valence-electron chi connectivity index (χ1n) is 8.75. The molecule has 0 heterocycles. The summed E-state index contributed by atoms with van der Waals surface area (Å²) in [5.41, 5.74) is 2.25. The second-order valence-corrected chi connectivity index (χ2v) is 5.94. The Morgan fingerprint density at radius 2 is 1.54 bits per heavy atom. The van der Waals surface area contributed by atoms with E-state index in [1.807, 2.05) is 42.5 Å². The molecule has 6 heteroatoms. The maximum absolute atomic E-state index is 12.3. The summed E-state index contributed by atoms with van der Waals surface area (Å²) in [4.78, 5) is 12.3. The van der Waals surface area contributed by atoms with Crippen molar-refractivity contribution in [3.8, 4) is 17.2 Å². The van der Waals surface area contributed by atoms with Gasteiger partial charge in [0.05, 0.1) is 19.9 Å². The van der Waals surface area contributed by atoms with E-state index in [1.165, 1.54) is 0 Å². The van der Waals surface area contributed by atoms with Crippen LogP contribution in [0.25, 0.3) is 0 Å². The van der Waals surface area contributed by atoms with Crippen molar-refractivity contribution in [2.24, 2.45) is 0 Å². The number of carbonyl (C=O) groups is 1. The third-order valence-corrected chi connectivity index (χ3v) is 4.02. The molecule has 0 aliphatic rings.